The number of carbonyl (C=O) groups excluding carboxylic acids is 2. The van der Waals surface area contributed by atoms with Crippen LogP contribution in [0.5, 0.6) is 11.5 Å². The van der Waals surface area contributed by atoms with Crippen LogP contribution in [-0.4, -0.2) is 11.9 Å². The van der Waals surface area contributed by atoms with Crippen LogP contribution in [0.1, 0.15) is 74.9 Å². The number of nitrogens with zero attached hydrogens (tertiary/aromatic N) is 2. The lowest BCUT2D eigenvalue weighted by atomic mass is 9.75. The third-order valence-electron chi connectivity index (χ3n) is 16.6. The fraction of sp³-hybridized carbons (Fsp3) is 0.139. The Morgan fingerprint density at radius 2 is 0.897 bits per heavy atom. The van der Waals surface area contributed by atoms with Crippen LogP contribution in [0.25, 0.3) is 43.8 Å². The smallest absolute Gasteiger partial charge is 0.335 e. The fourth-order valence-electron chi connectivity index (χ4n) is 12.4. The summed E-state index contributed by atoms with van der Waals surface area (Å²) in [4.78, 5) is 30.0. The van der Waals surface area contributed by atoms with Crippen LogP contribution in [0.3, 0.4) is 0 Å². The van der Waals surface area contributed by atoms with Gasteiger partial charge in [-0.25, -0.2) is 9.59 Å². The van der Waals surface area contributed by atoms with E-state index in [-0.39, 0.29) is 10.8 Å². The number of benzene rings is 9. The highest BCUT2D eigenvalue weighted by atomic mass is 16.5. The van der Waals surface area contributed by atoms with Crippen molar-refractivity contribution in [3.05, 3.63) is 271 Å². The molecule has 12 rings (SSSR count). The van der Waals surface area contributed by atoms with Crippen LogP contribution in [0, 0.1) is 0 Å². The van der Waals surface area contributed by atoms with Gasteiger partial charge in [-0.2, -0.15) is 0 Å². The molecule has 78 heavy (non-hydrogen) atoms. The predicted molar refractivity (Wildman–Crippen MR) is 321 cm³/mol. The third-order valence-corrected chi connectivity index (χ3v) is 16.6. The van der Waals surface area contributed by atoms with Crippen LogP contribution in [0.15, 0.2) is 237 Å². The highest BCUT2D eigenvalue weighted by Crippen LogP contribution is 2.55. The van der Waals surface area contributed by atoms with E-state index in [1.807, 2.05) is 48.5 Å². The molecule has 0 radical (unpaired) electrons. The molecule has 0 bridgehead atoms. The average molecular weight is 1020 g/mol. The second kappa shape index (κ2) is 18.8. The summed E-state index contributed by atoms with van der Waals surface area (Å²) >= 11 is 0. The summed E-state index contributed by atoms with van der Waals surface area (Å²) in [5.74, 6) is -0.218. The maximum absolute atomic E-state index is 12.6. The van der Waals surface area contributed by atoms with E-state index in [0.717, 1.165) is 73.2 Å². The van der Waals surface area contributed by atoms with E-state index in [1.165, 1.54) is 62.2 Å². The Morgan fingerprint density at radius 3 is 1.42 bits per heavy atom. The van der Waals surface area contributed by atoms with Gasteiger partial charge in [-0.05, 0) is 140 Å². The first kappa shape index (κ1) is 49.6. The molecule has 0 N–H and O–H groups in total. The van der Waals surface area contributed by atoms with Crippen molar-refractivity contribution in [3.63, 3.8) is 0 Å². The monoisotopic (exact) mass is 1020 g/mol. The molecule has 6 nitrogen and oxygen atoms in total. The minimum Gasteiger partial charge on any atom is -0.423 e. The molecule has 9 aromatic rings. The van der Waals surface area contributed by atoms with Crippen molar-refractivity contribution in [2.75, 3.05) is 9.80 Å². The standard InChI is InChI=1S/C72H60N2O4/c1-10-68(75)77-66-33-19-25-55-57(66)27-17-31-64(55)74(65-32-18-28-58-56(65)26-20-34-67(58)78-69(76)11-2)50-37-40-54-53-39-36-49(43-62(53)72(8,9)63(54)44-50)73(47-23-16-22-46-21-12-14-29-59(46)70(4,5)45(3)41-47)48-35-38-52-51-24-13-15-30-60(51)71(6,7)61(52)42-48/h10-21,23-44H,1-3,22H2,4-9H3. The number of hydrogen-bond donors (Lipinski definition) is 0. The molecule has 0 amide bonds. The lowest BCUT2D eigenvalue weighted by Crippen LogP contribution is -2.23. The van der Waals surface area contributed by atoms with Crippen LogP contribution >= 0.6 is 0 Å². The Kier molecular flexibility index (Phi) is 11.9. The van der Waals surface area contributed by atoms with Crippen LogP contribution in [-0.2, 0) is 32.3 Å². The summed E-state index contributed by atoms with van der Waals surface area (Å²) in [5.41, 5.74) is 18.4. The van der Waals surface area contributed by atoms with Crippen LogP contribution < -0.4 is 19.3 Å². The van der Waals surface area contributed by atoms with Crippen molar-refractivity contribution in [2.45, 2.75) is 64.2 Å². The molecule has 0 spiro atoms. The molecule has 9 aromatic carbocycles. The second-order valence-corrected chi connectivity index (χ2v) is 22.1. The van der Waals surface area contributed by atoms with Crippen LogP contribution in [0.4, 0.5) is 28.4 Å². The van der Waals surface area contributed by atoms with E-state index in [4.69, 9.17) is 16.1 Å². The first-order valence-corrected chi connectivity index (χ1v) is 26.6. The summed E-state index contributed by atoms with van der Waals surface area (Å²) < 4.78 is 11.6. The Morgan fingerprint density at radius 1 is 0.462 bits per heavy atom. The molecular formula is C72H60N2O4. The number of rotatable bonds is 10. The number of ether oxygens (including phenoxy) is 2. The minimum atomic E-state index is -0.539. The van der Waals surface area contributed by atoms with Crippen molar-refractivity contribution in [3.8, 4) is 33.8 Å². The summed E-state index contributed by atoms with van der Waals surface area (Å²) in [6.07, 6.45) is 10.0. The average Bonchev–Trinajstić information content (AvgIpc) is 4.04. The Hall–Kier alpha value is -9.26. The Labute approximate surface area is 457 Å². The zero-order chi connectivity index (χ0) is 54.3. The second-order valence-electron chi connectivity index (χ2n) is 22.1. The fourth-order valence-corrected chi connectivity index (χ4v) is 12.4. The molecule has 3 aliphatic rings. The molecular weight excluding hydrogens is 957 g/mol. The van der Waals surface area contributed by atoms with Gasteiger partial charge in [0.15, 0.2) is 0 Å². The van der Waals surface area contributed by atoms with Crippen molar-refractivity contribution in [1.29, 1.82) is 0 Å². The summed E-state index contributed by atoms with van der Waals surface area (Å²) in [6.45, 7) is 26.0. The van der Waals surface area contributed by atoms with E-state index in [1.54, 1.807) is 12.1 Å². The lowest BCUT2D eigenvalue weighted by molar-refractivity contribution is -0.129. The maximum Gasteiger partial charge on any atom is 0.335 e. The van der Waals surface area contributed by atoms with Gasteiger partial charge >= 0.3 is 11.9 Å². The highest BCUT2D eigenvalue weighted by Gasteiger charge is 2.39. The molecule has 0 fully saturated rings. The van der Waals surface area contributed by atoms with Gasteiger partial charge in [0, 0.05) is 72.7 Å². The Balaban J connectivity index is 1.02. The quantitative estimate of drug-likeness (QED) is 0.0773. The number of fused-ring (bicyclic) bond motifs is 9. The number of anilines is 5. The minimum absolute atomic E-state index is 0.198. The summed E-state index contributed by atoms with van der Waals surface area (Å²) in [5, 5.41) is 3.26. The molecule has 382 valence electrons. The van der Waals surface area contributed by atoms with Crippen molar-refractivity contribution < 1.29 is 19.1 Å². The molecule has 0 atom stereocenters. The van der Waals surface area contributed by atoms with Crippen molar-refractivity contribution in [1.82, 2.24) is 0 Å². The number of esters is 2. The van der Waals surface area contributed by atoms with Gasteiger partial charge in [0.05, 0.1) is 11.4 Å². The molecule has 6 heteroatoms. The van der Waals surface area contributed by atoms with E-state index >= 15 is 0 Å². The third kappa shape index (κ3) is 8.01. The Bertz CT molecular complexity index is 4000. The first-order chi connectivity index (χ1) is 37.6. The number of hydrogen-bond acceptors (Lipinski definition) is 6. The maximum atomic E-state index is 12.6. The molecule has 0 aromatic heterocycles. The van der Waals surface area contributed by atoms with Gasteiger partial charge < -0.3 is 19.3 Å². The summed E-state index contributed by atoms with van der Waals surface area (Å²) in [6, 6.07) is 61.9. The lowest BCUT2D eigenvalue weighted by Gasteiger charge is -2.32. The van der Waals surface area contributed by atoms with Crippen LogP contribution in [0.2, 0.25) is 0 Å². The zero-order valence-corrected chi connectivity index (χ0v) is 45.0. The molecule has 0 heterocycles. The molecule has 0 saturated carbocycles. The largest absolute Gasteiger partial charge is 0.423 e. The zero-order valence-electron chi connectivity index (χ0n) is 45.0. The summed E-state index contributed by atoms with van der Waals surface area (Å²) in [7, 11) is 0. The molecule has 0 saturated heterocycles. The SMILES string of the molecule is C=CC(=O)Oc1cccc2c(N(c3ccc4c(c3)C(C)(C)c3cc(N(C5=CC(=C)C(C)(C)c6ccccc6CC=C5)c5ccc6c(c5)C(C)(C)c5ccccc5-6)ccc3-4)c3cccc4c(OC(=O)C=C)cccc34)cccc12. The van der Waals surface area contributed by atoms with E-state index in [2.05, 4.69) is 198 Å². The van der Waals surface area contributed by atoms with Crippen molar-refractivity contribution in [2.24, 2.45) is 0 Å². The van der Waals surface area contributed by atoms with E-state index in [9.17, 15) is 9.59 Å². The molecule has 3 aliphatic carbocycles. The van der Waals surface area contributed by atoms with E-state index < -0.39 is 17.4 Å². The molecule has 0 aliphatic heterocycles. The van der Waals surface area contributed by atoms with E-state index in [0.29, 0.717) is 11.5 Å². The van der Waals surface area contributed by atoms with Gasteiger partial charge in [0.25, 0.3) is 0 Å². The van der Waals surface area contributed by atoms with Gasteiger partial charge in [-0.3, -0.25) is 0 Å². The first-order valence-electron chi connectivity index (χ1n) is 26.6. The van der Waals surface area contributed by atoms with Gasteiger partial charge in [-0.15, -0.1) is 0 Å². The number of allylic oxidation sites excluding steroid dienone is 4. The predicted octanol–water partition coefficient (Wildman–Crippen LogP) is 17.9. The highest BCUT2D eigenvalue weighted by molar-refractivity contribution is 6.08. The van der Waals surface area contributed by atoms with Gasteiger partial charge in [0.1, 0.15) is 11.5 Å². The normalized spacial score (nSPS) is 15.1. The number of carbonyl (C=O) groups is 2. The van der Waals surface area contributed by atoms with Gasteiger partial charge in [0.2, 0.25) is 0 Å². The molecule has 0 unspecified atom stereocenters. The topological polar surface area (TPSA) is 59.1 Å². The van der Waals surface area contributed by atoms with Gasteiger partial charge in [-0.1, -0.05) is 183 Å². The van der Waals surface area contributed by atoms with Crippen molar-refractivity contribution >= 4 is 61.9 Å².